The van der Waals surface area contributed by atoms with E-state index in [0.717, 1.165) is 27.7 Å². The van der Waals surface area contributed by atoms with Crippen molar-refractivity contribution in [3.63, 3.8) is 0 Å². The summed E-state index contributed by atoms with van der Waals surface area (Å²) in [6, 6.07) is 0. The van der Waals surface area contributed by atoms with Gasteiger partial charge in [-0.2, -0.15) is 0 Å². The van der Waals surface area contributed by atoms with Gasteiger partial charge in [0.1, 0.15) is 19.3 Å². The maximum atomic E-state index is 11.6. The molecule has 1 amide bonds. The average molecular weight is 431 g/mol. The van der Waals surface area contributed by atoms with Crippen molar-refractivity contribution in [3.8, 4) is 0 Å². The molecular weight excluding hydrogens is 410 g/mol. The number of azide groups is 1. The summed E-state index contributed by atoms with van der Waals surface area (Å²) in [6.07, 6.45) is -6.98. The van der Waals surface area contributed by atoms with Gasteiger partial charge in [0.15, 0.2) is 24.6 Å². The molecule has 0 unspecified atom stereocenters. The molecule has 1 heterocycles. The fraction of sp³-hybridized carbons (Fsp3) is 0.688. The van der Waals surface area contributed by atoms with Gasteiger partial charge >= 0.3 is 23.9 Å². The van der Waals surface area contributed by atoms with Crippen molar-refractivity contribution >= 4 is 29.8 Å². The zero-order chi connectivity index (χ0) is 22.8. The van der Waals surface area contributed by atoms with E-state index in [1.54, 1.807) is 0 Å². The number of esters is 4. The number of carbonyl (C=O) groups is 5. The fourth-order valence-electron chi connectivity index (χ4n) is 2.56. The van der Waals surface area contributed by atoms with Crippen LogP contribution >= 0.6 is 0 Å². The van der Waals surface area contributed by atoms with Crippen LogP contribution < -0.4 is 0 Å². The van der Waals surface area contributed by atoms with Gasteiger partial charge in [0.25, 0.3) is 0 Å². The van der Waals surface area contributed by atoms with Crippen LogP contribution in [0.4, 0.5) is 0 Å². The Morgan fingerprint density at radius 2 is 1.40 bits per heavy atom. The SMILES string of the molecule is CC(=O)OC[C@H]1O[C@H](OCC(=O)N=[N+]=[N-])[C@H](OC(C)=O)[C@@H](OC(C)=O)[C@@H]1OC(C)=O. The minimum absolute atomic E-state index is 0.442. The number of hydrogen-bond acceptors (Lipinski definition) is 11. The summed E-state index contributed by atoms with van der Waals surface area (Å²) in [5.74, 6) is -4.11. The molecule has 1 aliphatic heterocycles. The standard InChI is InChI=1S/C16H21N3O11/c1-7(20)25-5-11-13(27-8(2)21)14(28-9(3)22)15(29-10(4)23)16(30-11)26-6-12(24)18-19-17/h11,13-16H,5-6H2,1-4H3/t11-,13-,14+,15-,16+/m1/s1. The van der Waals surface area contributed by atoms with Crippen molar-refractivity contribution in [2.24, 2.45) is 5.11 Å². The smallest absolute Gasteiger partial charge is 0.303 e. The number of amides is 1. The van der Waals surface area contributed by atoms with E-state index in [1.807, 2.05) is 0 Å². The zero-order valence-electron chi connectivity index (χ0n) is 16.6. The minimum Gasteiger partial charge on any atom is -0.463 e. The molecule has 0 N–H and O–H groups in total. The molecule has 0 spiro atoms. The Morgan fingerprint density at radius 1 is 0.867 bits per heavy atom. The van der Waals surface area contributed by atoms with Crippen molar-refractivity contribution in [3.05, 3.63) is 10.4 Å². The Hall–Kier alpha value is -3.22. The predicted octanol–water partition coefficient (Wildman–Crippen LogP) is -0.0770. The molecule has 14 nitrogen and oxygen atoms in total. The van der Waals surface area contributed by atoms with Crippen LogP contribution in [-0.2, 0) is 52.4 Å². The largest absolute Gasteiger partial charge is 0.463 e. The third-order valence-electron chi connectivity index (χ3n) is 3.48. The maximum Gasteiger partial charge on any atom is 0.303 e. The van der Waals surface area contributed by atoms with Crippen LogP contribution in [-0.4, -0.2) is 73.7 Å². The summed E-state index contributed by atoms with van der Waals surface area (Å²) in [5, 5.41) is 2.82. The molecule has 1 rings (SSSR count). The third kappa shape index (κ3) is 8.03. The van der Waals surface area contributed by atoms with E-state index >= 15 is 0 Å². The minimum atomic E-state index is -1.52. The molecule has 1 aliphatic rings. The normalized spacial score (nSPS) is 25.3. The van der Waals surface area contributed by atoms with E-state index in [-0.39, 0.29) is 0 Å². The third-order valence-corrected chi connectivity index (χ3v) is 3.48. The van der Waals surface area contributed by atoms with Crippen LogP contribution in [0.1, 0.15) is 27.7 Å². The molecule has 30 heavy (non-hydrogen) atoms. The number of carbonyl (C=O) groups excluding carboxylic acids is 5. The van der Waals surface area contributed by atoms with Gasteiger partial charge in [-0.3, -0.25) is 24.0 Å². The summed E-state index contributed by atoms with van der Waals surface area (Å²) >= 11 is 0. The predicted molar refractivity (Wildman–Crippen MR) is 92.1 cm³/mol. The summed E-state index contributed by atoms with van der Waals surface area (Å²) < 4.78 is 31.1. The zero-order valence-corrected chi connectivity index (χ0v) is 16.6. The Morgan fingerprint density at radius 3 is 1.90 bits per heavy atom. The molecule has 166 valence electrons. The average Bonchev–Trinajstić information content (AvgIpc) is 2.61. The summed E-state index contributed by atoms with van der Waals surface area (Å²) in [4.78, 5) is 59.7. The van der Waals surface area contributed by atoms with Crippen molar-refractivity contribution in [2.75, 3.05) is 13.2 Å². The van der Waals surface area contributed by atoms with Crippen molar-refractivity contribution < 1.29 is 52.4 Å². The van der Waals surface area contributed by atoms with Gasteiger partial charge in [0.05, 0.1) is 0 Å². The second-order valence-electron chi connectivity index (χ2n) is 5.96. The topological polar surface area (TPSA) is 189 Å². The van der Waals surface area contributed by atoms with E-state index in [9.17, 15) is 24.0 Å². The van der Waals surface area contributed by atoms with Crippen LogP contribution in [0, 0.1) is 0 Å². The summed E-state index contributed by atoms with van der Waals surface area (Å²) in [6.45, 7) is 3.11. The number of rotatable bonds is 8. The van der Waals surface area contributed by atoms with Crippen LogP contribution in [0.5, 0.6) is 0 Å². The second-order valence-corrected chi connectivity index (χ2v) is 5.96. The molecule has 0 aromatic heterocycles. The van der Waals surface area contributed by atoms with E-state index in [1.165, 1.54) is 0 Å². The van der Waals surface area contributed by atoms with Gasteiger partial charge in [0, 0.05) is 32.6 Å². The first-order chi connectivity index (χ1) is 14.0. The Balaban J connectivity index is 3.28. The lowest BCUT2D eigenvalue weighted by Crippen LogP contribution is -2.63. The molecule has 0 bridgehead atoms. The monoisotopic (exact) mass is 431 g/mol. The van der Waals surface area contributed by atoms with Gasteiger partial charge in [-0.25, -0.2) is 0 Å². The van der Waals surface area contributed by atoms with E-state index in [2.05, 4.69) is 10.0 Å². The lowest BCUT2D eigenvalue weighted by atomic mass is 9.98. The second kappa shape index (κ2) is 11.7. The fourth-order valence-corrected chi connectivity index (χ4v) is 2.56. The number of hydrogen-bond donors (Lipinski definition) is 0. The van der Waals surface area contributed by atoms with Crippen LogP contribution in [0.15, 0.2) is 5.11 Å². The lowest BCUT2D eigenvalue weighted by molar-refractivity contribution is -0.306. The van der Waals surface area contributed by atoms with Gasteiger partial charge < -0.3 is 28.4 Å². The Kier molecular flexibility index (Phi) is 9.68. The first-order valence-electron chi connectivity index (χ1n) is 8.55. The quantitative estimate of drug-likeness (QED) is 0.164. The first kappa shape index (κ1) is 24.8. The summed E-state index contributed by atoms with van der Waals surface area (Å²) in [5.41, 5.74) is 8.30. The van der Waals surface area contributed by atoms with Crippen LogP contribution in [0.2, 0.25) is 0 Å². The highest BCUT2D eigenvalue weighted by molar-refractivity contribution is 5.78. The van der Waals surface area contributed by atoms with Crippen LogP contribution in [0.3, 0.4) is 0 Å². The molecular formula is C16H21N3O11. The van der Waals surface area contributed by atoms with E-state index in [4.69, 9.17) is 34.0 Å². The van der Waals surface area contributed by atoms with Gasteiger partial charge in [-0.15, -0.1) is 0 Å². The van der Waals surface area contributed by atoms with Crippen molar-refractivity contribution in [1.29, 1.82) is 0 Å². The molecule has 14 heteroatoms. The molecule has 1 saturated heterocycles. The Labute approximate surface area is 170 Å². The first-order valence-corrected chi connectivity index (χ1v) is 8.55. The number of ether oxygens (including phenoxy) is 6. The van der Waals surface area contributed by atoms with Crippen LogP contribution in [0.25, 0.3) is 10.4 Å². The molecule has 1 fully saturated rings. The molecule has 0 aromatic carbocycles. The summed E-state index contributed by atoms with van der Waals surface area (Å²) in [7, 11) is 0. The van der Waals surface area contributed by atoms with E-state index in [0.29, 0.717) is 0 Å². The highest BCUT2D eigenvalue weighted by Crippen LogP contribution is 2.29. The molecule has 0 aliphatic carbocycles. The van der Waals surface area contributed by atoms with Crippen molar-refractivity contribution in [2.45, 2.75) is 58.4 Å². The highest BCUT2D eigenvalue weighted by Gasteiger charge is 2.52. The van der Waals surface area contributed by atoms with Gasteiger partial charge in [-0.1, -0.05) is 0 Å². The lowest BCUT2D eigenvalue weighted by Gasteiger charge is -2.43. The molecule has 0 saturated carbocycles. The van der Waals surface area contributed by atoms with Gasteiger partial charge in [-0.05, 0) is 10.6 Å². The molecule has 0 aromatic rings. The Bertz CT molecular complexity index is 734. The van der Waals surface area contributed by atoms with Crippen molar-refractivity contribution in [1.82, 2.24) is 0 Å². The van der Waals surface area contributed by atoms with Gasteiger partial charge in [0.2, 0.25) is 5.91 Å². The van der Waals surface area contributed by atoms with E-state index < -0.39 is 73.7 Å². The molecule has 0 radical (unpaired) electrons. The number of nitrogens with zero attached hydrogens (tertiary/aromatic N) is 3. The maximum absolute atomic E-state index is 11.6. The molecule has 5 atom stereocenters. The highest BCUT2D eigenvalue weighted by atomic mass is 16.7.